The lowest BCUT2D eigenvalue weighted by Gasteiger charge is -2.24. The molecule has 0 saturated heterocycles. The molecule has 5 heteroatoms. The molecule has 2 aromatic rings. The van der Waals surface area contributed by atoms with Gasteiger partial charge in [-0.1, -0.05) is 0 Å². The monoisotopic (exact) mass is 276 g/mol. The van der Waals surface area contributed by atoms with Crippen LogP contribution in [0.3, 0.4) is 0 Å². The van der Waals surface area contributed by atoms with E-state index < -0.39 is 0 Å². The van der Waals surface area contributed by atoms with Gasteiger partial charge in [-0.25, -0.2) is 9.97 Å². The van der Waals surface area contributed by atoms with Crippen LogP contribution in [-0.4, -0.2) is 29.1 Å². The van der Waals surface area contributed by atoms with Crippen molar-refractivity contribution >= 4 is 27.4 Å². The fraction of sp³-hybridized carbons (Fsp3) is 0.571. The average molecular weight is 276 g/mol. The molecular weight excluding hydrogens is 256 g/mol. The Balaban J connectivity index is 2.06. The van der Waals surface area contributed by atoms with Crippen molar-refractivity contribution in [2.75, 3.05) is 18.0 Å². The first-order valence-electron chi connectivity index (χ1n) is 6.89. The standard InChI is InChI=1S/C14H20N4S/c1-9-10(2)19-14-12(9)13(16-8-17-14)18(7-3-6-15)11-4-5-11/h8,11H,3-7,15H2,1-2H3. The molecule has 1 aliphatic carbocycles. The predicted molar refractivity (Wildman–Crippen MR) is 80.9 cm³/mol. The highest BCUT2D eigenvalue weighted by Gasteiger charge is 2.31. The number of thiophene rings is 1. The minimum Gasteiger partial charge on any atom is -0.353 e. The lowest BCUT2D eigenvalue weighted by atomic mass is 10.2. The lowest BCUT2D eigenvalue weighted by Crippen LogP contribution is -2.29. The van der Waals surface area contributed by atoms with Gasteiger partial charge in [-0.05, 0) is 45.2 Å². The third kappa shape index (κ3) is 2.32. The Hall–Kier alpha value is -1.20. The fourth-order valence-corrected chi connectivity index (χ4v) is 3.48. The van der Waals surface area contributed by atoms with Crippen molar-refractivity contribution in [3.8, 4) is 0 Å². The Labute approximate surface area is 117 Å². The van der Waals surface area contributed by atoms with Crippen molar-refractivity contribution in [1.82, 2.24) is 9.97 Å². The summed E-state index contributed by atoms with van der Waals surface area (Å²) in [6.45, 7) is 6.07. The van der Waals surface area contributed by atoms with Gasteiger partial charge in [0, 0.05) is 17.5 Å². The molecular formula is C14H20N4S. The Morgan fingerprint density at radius 1 is 1.37 bits per heavy atom. The Morgan fingerprint density at radius 3 is 2.84 bits per heavy atom. The zero-order valence-electron chi connectivity index (χ0n) is 11.5. The molecule has 0 unspecified atom stereocenters. The molecule has 1 aliphatic rings. The van der Waals surface area contributed by atoms with Crippen LogP contribution in [-0.2, 0) is 0 Å². The van der Waals surface area contributed by atoms with Crippen LogP contribution < -0.4 is 10.6 Å². The normalized spacial score (nSPS) is 15.1. The number of hydrogen-bond acceptors (Lipinski definition) is 5. The van der Waals surface area contributed by atoms with Crippen molar-refractivity contribution < 1.29 is 0 Å². The molecule has 1 saturated carbocycles. The topological polar surface area (TPSA) is 55.0 Å². The zero-order valence-corrected chi connectivity index (χ0v) is 12.3. The number of aryl methyl sites for hydroxylation is 2. The van der Waals surface area contributed by atoms with Crippen molar-refractivity contribution in [3.05, 3.63) is 16.8 Å². The van der Waals surface area contributed by atoms with Gasteiger partial charge in [-0.2, -0.15) is 0 Å². The first kappa shape index (κ1) is 12.8. The minimum absolute atomic E-state index is 0.657. The predicted octanol–water partition coefficient (Wildman–Crippen LogP) is 2.63. The van der Waals surface area contributed by atoms with Gasteiger partial charge in [-0.15, -0.1) is 11.3 Å². The Morgan fingerprint density at radius 2 is 2.16 bits per heavy atom. The second-order valence-electron chi connectivity index (χ2n) is 5.23. The molecule has 2 N–H and O–H groups in total. The second kappa shape index (κ2) is 5.06. The molecule has 0 radical (unpaired) electrons. The zero-order chi connectivity index (χ0) is 13.4. The van der Waals surface area contributed by atoms with E-state index in [4.69, 9.17) is 5.73 Å². The van der Waals surface area contributed by atoms with E-state index in [1.807, 2.05) is 0 Å². The summed E-state index contributed by atoms with van der Waals surface area (Å²) in [5.41, 5.74) is 6.99. The van der Waals surface area contributed by atoms with E-state index in [9.17, 15) is 0 Å². The van der Waals surface area contributed by atoms with Crippen LogP contribution in [0.4, 0.5) is 5.82 Å². The van der Waals surface area contributed by atoms with Crippen LogP contribution in [0.2, 0.25) is 0 Å². The van der Waals surface area contributed by atoms with Crippen molar-refractivity contribution in [2.24, 2.45) is 5.73 Å². The van der Waals surface area contributed by atoms with Crippen LogP contribution in [0.25, 0.3) is 10.2 Å². The van der Waals surface area contributed by atoms with Gasteiger partial charge in [0.05, 0.1) is 5.39 Å². The van der Waals surface area contributed by atoms with Crippen LogP contribution in [0.1, 0.15) is 29.7 Å². The number of anilines is 1. The highest BCUT2D eigenvalue weighted by molar-refractivity contribution is 7.18. The average Bonchev–Trinajstić information content (AvgIpc) is 3.19. The van der Waals surface area contributed by atoms with Gasteiger partial charge < -0.3 is 10.6 Å². The fourth-order valence-electron chi connectivity index (χ4n) is 2.49. The van der Waals surface area contributed by atoms with E-state index in [-0.39, 0.29) is 0 Å². The first-order chi connectivity index (χ1) is 9.22. The largest absolute Gasteiger partial charge is 0.353 e. The van der Waals surface area contributed by atoms with Gasteiger partial charge in [0.1, 0.15) is 17.0 Å². The summed E-state index contributed by atoms with van der Waals surface area (Å²) in [5, 5.41) is 1.24. The summed E-state index contributed by atoms with van der Waals surface area (Å²) < 4.78 is 0. The van der Waals surface area contributed by atoms with E-state index >= 15 is 0 Å². The quantitative estimate of drug-likeness (QED) is 0.912. The van der Waals surface area contributed by atoms with Crippen LogP contribution in [0.5, 0.6) is 0 Å². The van der Waals surface area contributed by atoms with Crippen molar-refractivity contribution in [1.29, 1.82) is 0 Å². The third-order valence-corrected chi connectivity index (χ3v) is 4.92. The Kier molecular flexibility index (Phi) is 3.41. The maximum Gasteiger partial charge on any atom is 0.141 e. The molecule has 3 rings (SSSR count). The van der Waals surface area contributed by atoms with E-state index in [0.29, 0.717) is 6.04 Å². The SMILES string of the molecule is Cc1sc2ncnc(N(CCCN)C3CC3)c2c1C. The molecule has 2 aromatic heterocycles. The van der Waals surface area contributed by atoms with Crippen molar-refractivity contribution in [2.45, 2.75) is 39.2 Å². The van der Waals surface area contributed by atoms with E-state index in [1.165, 1.54) is 28.7 Å². The van der Waals surface area contributed by atoms with Gasteiger partial charge in [0.25, 0.3) is 0 Å². The number of rotatable bonds is 5. The molecule has 102 valence electrons. The molecule has 19 heavy (non-hydrogen) atoms. The number of nitrogens with zero attached hydrogens (tertiary/aromatic N) is 3. The molecule has 0 spiro atoms. The molecule has 0 aromatic carbocycles. The summed E-state index contributed by atoms with van der Waals surface area (Å²) in [6, 6.07) is 0.657. The summed E-state index contributed by atoms with van der Waals surface area (Å²) in [5.74, 6) is 1.11. The van der Waals surface area contributed by atoms with Crippen molar-refractivity contribution in [3.63, 3.8) is 0 Å². The Bertz CT molecular complexity index is 588. The van der Waals surface area contributed by atoms with Gasteiger partial charge >= 0.3 is 0 Å². The molecule has 4 nitrogen and oxygen atoms in total. The number of aromatic nitrogens is 2. The van der Waals surface area contributed by atoms with E-state index in [2.05, 4.69) is 28.7 Å². The molecule has 1 fully saturated rings. The smallest absolute Gasteiger partial charge is 0.141 e. The summed E-state index contributed by atoms with van der Waals surface area (Å²) in [7, 11) is 0. The molecule has 0 bridgehead atoms. The minimum atomic E-state index is 0.657. The van der Waals surface area contributed by atoms with Crippen LogP contribution in [0, 0.1) is 13.8 Å². The third-order valence-electron chi connectivity index (χ3n) is 3.81. The molecule has 0 amide bonds. The maximum absolute atomic E-state index is 5.66. The number of hydrogen-bond donors (Lipinski definition) is 1. The van der Waals surface area contributed by atoms with Gasteiger partial charge in [-0.3, -0.25) is 0 Å². The maximum atomic E-state index is 5.66. The van der Waals surface area contributed by atoms with Crippen LogP contribution >= 0.6 is 11.3 Å². The molecule has 0 aliphatic heterocycles. The summed E-state index contributed by atoms with van der Waals surface area (Å²) in [6.07, 6.45) is 5.27. The highest BCUT2D eigenvalue weighted by atomic mass is 32.1. The number of nitrogens with two attached hydrogens (primary N) is 1. The molecule has 2 heterocycles. The van der Waals surface area contributed by atoms with Gasteiger partial charge in [0.2, 0.25) is 0 Å². The van der Waals surface area contributed by atoms with E-state index in [0.717, 1.165) is 30.2 Å². The summed E-state index contributed by atoms with van der Waals surface area (Å²) >= 11 is 1.76. The van der Waals surface area contributed by atoms with Gasteiger partial charge in [0.15, 0.2) is 0 Å². The summed E-state index contributed by atoms with van der Waals surface area (Å²) in [4.78, 5) is 13.9. The number of fused-ring (bicyclic) bond motifs is 1. The second-order valence-corrected chi connectivity index (χ2v) is 6.43. The lowest BCUT2D eigenvalue weighted by molar-refractivity contribution is 0.724. The first-order valence-corrected chi connectivity index (χ1v) is 7.71. The van der Waals surface area contributed by atoms with Crippen LogP contribution in [0.15, 0.2) is 6.33 Å². The molecule has 0 atom stereocenters. The van der Waals surface area contributed by atoms with E-state index in [1.54, 1.807) is 17.7 Å². The highest BCUT2D eigenvalue weighted by Crippen LogP contribution is 2.38.